The second-order valence-corrected chi connectivity index (χ2v) is 12.0. The molecule has 4 heterocycles. The van der Waals surface area contributed by atoms with E-state index in [1.165, 1.54) is 41.4 Å². The van der Waals surface area contributed by atoms with Gasteiger partial charge in [-0.2, -0.15) is 0 Å². The summed E-state index contributed by atoms with van der Waals surface area (Å²) < 4.78 is 10.4. The molecule has 1 unspecified atom stereocenters. The van der Waals surface area contributed by atoms with E-state index >= 15 is 0 Å². The first-order valence-electron chi connectivity index (χ1n) is 14.8. The van der Waals surface area contributed by atoms with Crippen LogP contribution in [0.15, 0.2) is 81.6 Å². The molecule has 0 spiro atoms. The summed E-state index contributed by atoms with van der Waals surface area (Å²) in [5.41, 5.74) is -0.577. The van der Waals surface area contributed by atoms with Gasteiger partial charge >= 0.3 is 5.97 Å². The summed E-state index contributed by atoms with van der Waals surface area (Å²) in [6.45, 7) is 1.71. The van der Waals surface area contributed by atoms with Crippen molar-refractivity contribution in [1.82, 2.24) is 20.9 Å². The number of hydrogen-bond donors (Lipinski definition) is 6. The molecule has 17 heteroatoms. The van der Waals surface area contributed by atoms with Crippen molar-refractivity contribution in [3.63, 3.8) is 0 Å². The van der Waals surface area contributed by atoms with Crippen LogP contribution in [0, 0.1) is 12.0 Å². The molecule has 2 aromatic carbocycles. The summed E-state index contributed by atoms with van der Waals surface area (Å²) in [6.07, 6.45) is 8.41. The van der Waals surface area contributed by atoms with E-state index in [2.05, 4.69) is 22.0 Å². The number of aliphatic carboxylic acids is 2. The van der Waals surface area contributed by atoms with Gasteiger partial charge in [0, 0.05) is 11.8 Å². The third kappa shape index (κ3) is 7.53. The standard InChI is InChI=1S/C25H19N3O9.C8H9NO3S/c29-18-9-16-20(10-19(18)30)37-11-17(23(16)33)24(34)28-22(25(35)27-14-5-7-26-8-6-14)13-1-3-15(4-2-13)36-12-21(31)32;1-4-6(10)9-5(8(11)12)2-3-13-7(4)9/h1-5,8-11,22,26H,7,12H2,(H4-,27,28,29,30,31,32,33,34,35);2,4,7H,3H2,1H3,(H,11,12)/t;4-,7+/m.1/s1. The van der Waals surface area contributed by atoms with Gasteiger partial charge in [0.05, 0.1) is 34.4 Å². The molecule has 3 amide bonds. The Kier molecular flexibility index (Phi) is 10.4. The van der Waals surface area contributed by atoms with Crippen LogP contribution in [0.1, 0.15) is 28.9 Å². The minimum atomic E-state index is -1.29. The topological polar surface area (TPSA) is 248 Å². The Bertz CT molecular complexity index is 2020. The number of phenols is 2. The van der Waals surface area contributed by atoms with Gasteiger partial charge < -0.3 is 45.0 Å². The van der Waals surface area contributed by atoms with E-state index in [9.17, 15) is 44.1 Å². The van der Waals surface area contributed by atoms with Gasteiger partial charge in [-0.3, -0.25) is 29.4 Å². The Balaban J connectivity index is 0.000000311. The molecule has 6 N–H and O–H groups in total. The Labute approximate surface area is 286 Å². The number of dihydropyridines is 1. The summed E-state index contributed by atoms with van der Waals surface area (Å²) in [5, 5.41) is 46.6. The van der Waals surface area contributed by atoms with E-state index in [1.54, 1.807) is 17.8 Å². The fourth-order valence-corrected chi connectivity index (χ4v) is 6.23. The number of ether oxygens (including phenoxy) is 1. The Hall–Kier alpha value is -6.32. The normalized spacial score (nSPS) is 17.9. The molecule has 3 atom stereocenters. The number of carboxylic acid groups (broad SMARTS) is 2. The van der Waals surface area contributed by atoms with Crippen molar-refractivity contribution in [3.8, 4) is 17.2 Å². The summed E-state index contributed by atoms with van der Waals surface area (Å²) in [5.74, 6) is -4.38. The van der Waals surface area contributed by atoms with E-state index in [4.69, 9.17) is 14.3 Å². The molecule has 0 bridgehead atoms. The number of rotatable bonds is 9. The van der Waals surface area contributed by atoms with Crippen LogP contribution < -0.4 is 31.2 Å². The minimum Gasteiger partial charge on any atom is -0.543 e. The highest BCUT2D eigenvalue weighted by molar-refractivity contribution is 8.00. The van der Waals surface area contributed by atoms with Crippen molar-refractivity contribution in [3.05, 3.63) is 99.8 Å². The molecular weight excluding hydrogens is 676 g/mol. The zero-order valence-electron chi connectivity index (χ0n) is 26.0. The Morgan fingerprint density at radius 1 is 1.14 bits per heavy atom. The molecule has 1 aromatic heterocycles. The number of nitrogens with one attached hydrogen (secondary N) is 3. The molecule has 1 fully saturated rings. The molecule has 16 nitrogen and oxygen atoms in total. The van der Waals surface area contributed by atoms with Crippen molar-refractivity contribution < 1.29 is 53.6 Å². The van der Waals surface area contributed by atoms with Crippen LogP contribution in [0.25, 0.3) is 11.0 Å². The molecule has 0 radical (unpaired) electrons. The average Bonchev–Trinajstić information content (AvgIpc) is 3.10. The fourth-order valence-electron chi connectivity index (χ4n) is 5.01. The van der Waals surface area contributed by atoms with Crippen LogP contribution in [0.3, 0.4) is 0 Å². The quantitative estimate of drug-likeness (QED) is 0.0992. The van der Waals surface area contributed by atoms with Crippen LogP contribution >= 0.6 is 11.8 Å². The fraction of sp³-hybridized carbons (Fsp3) is 0.212. The Morgan fingerprint density at radius 2 is 1.86 bits per heavy atom. The molecule has 6 rings (SSSR count). The van der Waals surface area contributed by atoms with Crippen LogP contribution in [-0.2, 0) is 19.2 Å². The third-order valence-electron chi connectivity index (χ3n) is 7.56. The number of carbonyl (C=O) groups is 5. The van der Waals surface area contributed by atoms with E-state index in [-0.39, 0.29) is 39.6 Å². The number of amides is 3. The molecule has 258 valence electrons. The number of hydrogen-bond acceptors (Lipinski definition) is 13. The van der Waals surface area contributed by atoms with Crippen molar-refractivity contribution in [2.75, 3.05) is 18.9 Å². The number of fused-ring (bicyclic) bond motifs is 2. The maximum absolute atomic E-state index is 13.1. The SMILES string of the molecule is C[C@@H]1C(=O)N2C(C(=O)[O-])=CCS[C@@H]12.O=C(O)COc1ccc(C(NC(=O)c2coc3cc(O)c(O)cc3c2=O)C(=O)NC2=CCNC=[C+]2)cc1. The van der Waals surface area contributed by atoms with Gasteiger partial charge in [0.15, 0.2) is 18.1 Å². The van der Waals surface area contributed by atoms with Crippen molar-refractivity contribution in [2.45, 2.75) is 18.3 Å². The monoisotopic (exact) mass is 704 g/mol. The maximum atomic E-state index is 13.1. The van der Waals surface area contributed by atoms with Crippen LogP contribution in [-0.4, -0.2) is 74.2 Å². The number of allylic oxidation sites excluding steroid dienone is 1. The second kappa shape index (κ2) is 14.8. The first-order chi connectivity index (χ1) is 23.8. The molecule has 0 saturated carbocycles. The highest BCUT2D eigenvalue weighted by atomic mass is 32.2. The van der Waals surface area contributed by atoms with Gasteiger partial charge in [-0.1, -0.05) is 19.1 Å². The molecule has 3 aliphatic heterocycles. The van der Waals surface area contributed by atoms with Gasteiger partial charge in [0.2, 0.25) is 11.3 Å². The van der Waals surface area contributed by atoms with Crippen LogP contribution in [0.5, 0.6) is 17.2 Å². The smallest absolute Gasteiger partial charge is 0.341 e. The van der Waals surface area contributed by atoms with Crippen molar-refractivity contribution in [2.24, 2.45) is 5.92 Å². The number of carbonyl (C=O) groups excluding carboxylic acids is 4. The number of aromatic hydroxyl groups is 2. The molecule has 1 saturated heterocycles. The lowest BCUT2D eigenvalue weighted by atomic mass is 9.99. The lowest BCUT2D eigenvalue weighted by Gasteiger charge is -2.48. The number of carboxylic acids is 2. The van der Waals surface area contributed by atoms with Crippen LogP contribution in [0.4, 0.5) is 0 Å². The zero-order chi connectivity index (χ0) is 36.1. The van der Waals surface area contributed by atoms with Crippen molar-refractivity contribution in [1.29, 1.82) is 0 Å². The second-order valence-electron chi connectivity index (χ2n) is 10.9. The molecule has 50 heavy (non-hydrogen) atoms. The van der Waals surface area contributed by atoms with Crippen molar-refractivity contribution >= 4 is 52.4 Å². The third-order valence-corrected chi connectivity index (χ3v) is 8.88. The largest absolute Gasteiger partial charge is 0.543 e. The highest BCUT2D eigenvalue weighted by Gasteiger charge is 2.47. The van der Waals surface area contributed by atoms with Gasteiger partial charge in [-0.05, 0) is 29.8 Å². The molecule has 3 aromatic rings. The minimum absolute atomic E-state index is 0.00500. The van der Waals surface area contributed by atoms with Gasteiger partial charge in [-0.25, -0.2) is 4.79 Å². The maximum Gasteiger partial charge on any atom is 0.341 e. The van der Waals surface area contributed by atoms with E-state index in [0.717, 1.165) is 18.4 Å². The first kappa shape index (κ1) is 35.0. The molecule has 3 aliphatic rings. The number of thioether (sulfide) groups is 1. The first-order valence-corrected chi connectivity index (χ1v) is 15.8. The predicted molar refractivity (Wildman–Crippen MR) is 173 cm³/mol. The molecular formula is C33H28N4O12S. The van der Waals surface area contributed by atoms with Gasteiger partial charge in [-0.15, -0.1) is 11.8 Å². The van der Waals surface area contributed by atoms with E-state index < -0.39 is 58.9 Å². The van der Waals surface area contributed by atoms with Crippen LogP contribution in [0.2, 0.25) is 0 Å². The summed E-state index contributed by atoms with van der Waals surface area (Å²) >= 11 is 1.58. The Morgan fingerprint density at radius 3 is 2.52 bits per heavy atom. The highest BCUT2D eigenvalue weighted by Crippen LogP contribution is 2.40. The number of benzene rings is 2. The lowest BCUT2D eigenvalue weighted by molar-refractivity contribution is -0.301. The van der Waals surface area contributed by atoms with Gasteiger partial charge in [0.25, 0.3) is 17.5 Å². The summed E-state index contributed by atoms with van der Waals surface area (Å²) in [7, 11) is 0. The summed E-state index contributed by atoms with van der Waals surface area (Å²) in [4.78, 5) is 73.1. The van der Waals surface area contributed by atoms with E-state index in [1.807, 2.05) is 6.92 Å². The van der Waals surface area contributed by atoms with E-state index in [0.29, 0.717) is 23.6 Å². The number of nitrogens with zero attached hydrogens (tertiary/aromatic N) is 1. The average molecular weight is 705 g/mol. The summed E-state index contributed by atoms with van der Waals surface area (Å²) in [6, 6.07) is 6.50. The van der Waals surface area contributed by atoms with Gasteiger partial charge in [0.1, 0.15) is 48.0 Å². The number of phenolic OH excluding ortho intramolecular Hbond substituents is 2. The predicted octanol–water partition coefficient (Wildman–Crippen LogP) is 0.230. The lowest BCUT2D eigenvalue weighted by Crippen LogP contribution is -2.60. The number of β-lactam (4-membered cyclic amide) rings is 1. The zero-order valence-corrected chi connectivity index (χ0v) is 26.8. The molecule has 0 aliphatic carbocycles.